The smallest absolute Gasteiger partial charge is 0.307 e. The van der Waals surface area contributed by atoms with E-state index in [4.69, 9.17) is 4.74 Å². The predicted octanol–water partition coefficient (Wildman–Crippen LogP) is 3.66. The third-order valence-corrected chi connectivity index (χ3v) is 4.39. The molecule has 0 saturated heterocycles. The van der Waals surface area contributed by atoms with Gasteiger partial charge in [0.25, 0.3) is 0 Å². The molecular weight excluding hydrogens is 286 g/mol. The van der Waals surface area contributed by atoms with Crippen LogP contribution in [0.1, 0.15) is 31.7 Å². The van der Waals surface area contributed by atoms with Crippen LogP contribution in [-0.2, 0) is 16.0 Å². The maximum absolute atomic E-state index is 11.7. The van der Waals surface area contributed by atoms with Crippen molar-refractivity contribution >= 4 is 5.97 Å². The summed E-state index contributed by atoms with van der Waals surface area (Å²) >= 11 is 0. The largest absolute Gasteiger partial charge is 0.469 e. The van der Waals surface area contributed by atoms with Gasteiger partial charge in [-0.05, 0) is 24.8 Å². The first-order chi connectivity index (χ1) is 11.1. The fourth-order valence-corrected chi connectivity index (χ4v) is 2.83. The van der Waals surface area contributed by atoms with E-state index < -0.39 is 0 Å². The highest BCUT2D eigenvalue weighted by atomic mass is 16.5. The van der Waals surface area contributed by atoms with Gasteiger partial charge in [-0.3, -0.25) is 4.79 Å². The van der Waals surface area contributed by atoms with Crippen molar-refractivity contribution in [3.63, 3.8) is 0 Å². The lowest BCUT2D eigenvalue weighted by molar-refractivity contribution is -0.141. The van der Waals surface area contributed by atoms with Crippen molar-refractivity contribution < 1.29 is 9.53 Å². The summed E-state index contributed by atoms with van der Waals surface area (Å²) in [6, 6.07) is 10.5. The molecule has 1 aliphatic rings. The van der Waals surface area contributed by atoms with Gasteiger partial charge in [0, 0.05) is 18.0 Å². The van der Waals surface area contributed by atoms with Crippen LogP contribution in [-0.4, -0.2) is 25.7 Å². The van der Waals surface area contributed by atoms with Crippen LogP contribution in [0.25, 0.3) is 0 Å². The number of allylic oxidation sites excluding steroid dienone is 3. The standard InChI is InChI=1S/C20H27NO2/c1-20(13-7-4-8-14-20)16-21-18(15-19(22)23-2)12-11-17-9-5-3-6-10-17/h3-10,13,18,21H,11-12,14-16H2,1-2H3. The molecule has 1 aliphatic carbocycles. The van der Waals surface area contributed by atoms with Gasteiger partial charge in [-0.1, -0.05) is 61.6 Å². The van der Waals surface area contributed by atoms with Gasteiger partial charge in [0.2, 0.25) is 0 Å². The minimum Gasteiger partial charge on any atom is -0.469 e. The molecule has 124 valence electrons. The Bertz CT molecular complexity index is 550. The number of hydrogen-bond acceptors (Lipinski definition) is 3. The van der Waals surface area contributed by atoms with E-state index in [2.05, 4.69) is 60.8 Å². The highest BCUT2D eigenvalue weighted by Gasteiger charge is 2.23. The van der Waals surface area contributed by atoms with Crippen molar-refractivity contribution in [3.8, 4) is 0 Å². The highest BCUT2D eigenvalue weighted by molar-refractivity contribution is 5.69. The maximum atomic E-state index is 11.7. The van der Waals surface area contributed by atoms with Gasteiger partial charge in [-0.2, -0.15) is 0 Å². The summed E-state index contributed by atoms with van der Waals surface area (Å²) in [5, 5.41) is 3.58. The van der Waals surface area contributed by atoms with Crippen LogP contribution < -0.4 is 5.32 Å². The normalized spacial score (nSPS) is 21.1. The van der Waals surface area contributed by atoms with Gasteiger partial charge in [-0.25, -0.2) is 0 Å². The molecule has 0 saturated carbocycles. The number of carbonyl (C=O) groups excluding carboxylic acids is 1. The molecule has 1 N–H and O–H groups in total. The van der Waals surface area contributed by atoms with Crippen molar-refractivity contribution in [1.29, 1.82) is 0 Å². The molecule has 2 atom stereocenters. The molecule has 0 amide bonds. The molecule has 2 rings (SSSR count). The van der Waals surface area contributed by atoms with Crippen LogP contribution in [0.4, 0.5) is 0 Å². The Morgan fingerprint density at radius 3 is 2.74 bits per heavy atom. The Labute approximate surface area is 139 Å². The predicted molar refractivity (Wildman–Crippen MR) is 94.2 cm³/mol. The van der Waals surface area contributed by atoms with Gasteiger partial charge in [0.05, 0.1) is 13.5 Å². The zero-order chi connectivity index (χ0) is 16.5. The zero-order valence-electron chi connectivity index (χ0n) is 14.1. The number of nitrogens with one attached hydrogen (secondary N) is 1. The van der Waals surface area contributed by atoms with E-state index in [1.54, 1.807) is 0 Å². The fraction of sp³-hybridized carbons (Fsp3) is 0.450. The first kappa shape index (κ1) is 17.5. The number of esters is 1. The number of carbonyl (C=O) groups is 1. The zero-order valence-corrected chi connectivity index (χ0v) is 14.1. The van der Waals surface area contributed by atoms with Crippen molar-refractivity contribution in [2.24, 2.45) is 5.41 Å². The van der Waals surface area contributed by atoms with Crippen molar-refractivity contribution in [1.82, 2.24) is 5.32 Å². The molecular formula is C20H27NO2. The third kappa shape index (κ3) is 6.03. The summed E-state index contributed by atoms with van der Waals surface area (Å²) in [5.74, 6) is -0.153. The van der Waals surface area contributed by atoms with E-state index in [9.17, 15) is 4.79 Å². The Hall–Kier alpha value is -1.87. The molecule has 0 bridgehead atoms. The highest BCUT2D eigenvalue weighted by Crippen LogP contribution is 2.26. The van der Waals surface area contributed by atoms with Crippen LogP contribution in [0.15, 0.2) is 54.6 Å². The van der Waals surface area contributed by atoms with Gasteiger partial charge in [0.15, 0.2) is 0 Å². The third-order valence-electron chi connectivity index (χ3n) is 4.39. The number of rotatable bonds is 8. The molecule has 1 aromatic carbocycles. The molecule has 0 spiro atoms. The van der Waals surface area contributed by atoms with Gasteiger partial charge >= 0.3 is 5.97 Å². The number of ether oxygens (including phenoxy) is 1. The molecule has 0 fully saturated rings. The molecule has 23 heavy (non-hydrogen) atoms. The minimum absolute atomic E-state index is 0.121. The van der Waals surface area contributed by atoms with Crippen LogP contribution in [0.5, 0.6) is 0 Å². The second kappa shape index (κ2) is 8.68. The monoisotopic (exact) mass is 313 g/mol. The van der Waals surface area contributed by atoms with E-state index in [1.807, 2.05) is 6.07 Å². The summed E-state index contributed by atoms with van der Waals surface area (Å²) in [7, 11) is 1.45. The molecule has 0 aromatic heterocycles. The second-order valence-electron chi connectivity index (χ2n) is 6.53. The first-order valence-corrected chi connectivity index (χ1v) is 8.30. The lowest BCUT2D eigenvalue weighted by atomic mass is 9.83. The quantitative estimate of drug-likeness (QED) is 0.744. The fourth-order valence-electron chi connectivity index (χ4n) is 2.83. The van der Waals surface area contributed by atoms with Crippen LogP contribution in [0.2, 0.25) is 0 Å². The van der Waals surface area contributed by atoms with Gasteiger partial charge < -0.3 is 10.1 Å². The molecule has 3 heteroatoms. The van der Waals surface area contributed by atoms with Crippen LogP contribution in [0.3, 0.4) is 0 Å². The van der Waals surface area contributed by atoms with Crippen LogP contribution in [0, 0.1) is 5.41 Å². The second-order valence-corrected chi connectivity index (χ2v) is 6.53. The minimum atomic E-state index is -0.153. The first-order valence-electron chi connectivity index (χ1n) is 8.30. The van der Waals surface area contributed by atoms with Crippen molar-refractivity contribution in [3.05, 3.63) is 60.2 Å². The van der Waals surface area contributed by atoms with E-state index in [1.165, 1.54) is 12.7 Å². The van der Waals surface area contributed by atoms with Crippen molar-refractivity contribution in [2.75, 3.05) is 13.7 Å². The Morgan fingerprint density at radius 1 is 1.30 bits per heavy atom. The maximum Gasteiger partial charge on any atom is 0.307 e. The lowest BCUT2D eigenvalue weighted by Crippen LogP contribution is -2.39. The Kier molecular flexibility index (Phi) is 6.60. The summed E-state index contributed by atoms with van der Waals surface area (Å²) in [4.78, 5) is 11.7. The van der Waals surface area contributed by atoms with Gasteiger partial charge in [-0.15, -0.1) is 0 Å². The molecule has 0 aliphatic heterocycles. The molecule has 0 radical (unpaired) electrons. The number of aryl methyl sites for hydroxylation is 1. The molecule has 1 aromatic rings. The van der Waals surface area contributed by atoms with Gasteiger partial charge in [0.1, 0.15) is 0 Å². The number of hydrogen-bond donors (Lipinski definition) is 1. The van der Waals surface area contributed by atoms with E-state index in [0.717, 1.165) is 25.8 Å². The average molecular weight is 313 g/mol. The van der Waals surface area contributed by atoms with E-state index >= 15 is 0 Å². The summed E-state index contributed by atoms with van der Waals surface area (Å²) in [6.45, 7) is 3.11. The summed E-state index contributed by atoms with van der Waals surface area (Å²) < 4.78 is 4.85. The Balaban J connectivity index is 1.89. The molecule has 0 heterocycles. The molecule has 3 nitrogen and oxygen atoms in total. The van der Waals surface area contributed by atoms with Crippen molar-refractivity contribution in [2.45, 2.75) is 38.6 Å². The topological polar surface area (TPSA) is 38.3 Å². The number of methoxy groups -OCH3 is 1. The van der Waals surface area contributed by atoms with Crippen LogP contribution >= 0.6 is 0 Å². The average Bonchev–Trinajstić information content (AvgIpc) is 2.58. The Morgan fingerprint density at radius 2 is 2.09 bits per heavy atom. The van der Waals surface area contributed by atoms with E-state index in [0.29, 0.717) is 6.42 Å². The lowest BCUT2D eigenvalue weighted by Gasteiger charge is -2.29. The number of benzene rings is 1. The SMILES string of the molecule is COC(=O)CC(CCc1ccccc1)NCC1(C)C=CC=CC1. The van der Waals surface area contributed by atoms with E-state index in [-0.39, 0.29) is 17.4 Å². The summed E-state index contributed by atoms with van der Waals surface area (Å²) in [5.41, 5.74) is 1.42. The summed E-state index contributed by atoms with van der Waals surface area (Å²) in [6.07, 6.45) is 12.0. The molecule has 2 unspecified atom stereocenters.